The van der Waals surface area contributed by atoms with Crippen LogP contribution in [0.5, 0.6) is 0 Å². The number of para-hydroxylation sites is 2. The van der Waals surface area contributed by atoms with Gasteiger partial charge in [0.2, 0.25) is 5.91 Å². The van der Waals surface area contributed by atoms with Gasteiger partial charge in [-0.3, -0.25) is 30.0 Å². The number of hydrogen-bond acceptors (Lipinski definition) is 14. The largest absolute Gasteiger partial charge is 0.398 e. The molecule has 1 aromatic heterocycles. The van der Waals surface area contributed by atoms with Crippen molar-refractivity contribution in [2.75, 3.05) is 35.0 Å². The van der Waals surface area contributed by atoms with E-state index in [-0.39, 0.29) is 23.9 Å². The summed E-state index contributed by atoms with van der Waals surface area (Å²) < 4.78 is 0. The molecular weight excluding hydrogens is 697 g/mol. The maximum Gasteiger partial charge on any atom is 0.257 e. The standard InChI is InChI=1S/C13H20N4O2S2.C11H15N3O2S.C6H7NS2/c1-2-7-20-21-8-11(13(19)17-15)16-12(18)9-5-3-4-6-10(9)14;12-9-4-2-1-3-8(9)10(15)5-7(6-17)11(16)14-13;1-8-9-6-4-2-3-5-7-6/h3-6,11H,2,7-8,14-15H2,1H3,(H,16,18)(H,17,19);1-4,7,17H,5-6,12-13H2,(H,14,16);2-5H,1H3. The van der Waals surface area contributed by atoms with E-state index in [4.69, 9.17) is 23.2 Å². The highest BCUT2D eigenvalue weighted by Gasteiger charge is 2.22. The van der Waals surface area contributed by atoms with Gasteiger partial charge in [0.15, 0.2) is 5.78 Å². The SMILES string of the molecule is CCCSSCC(NC(=O)c1ccccc1N)C(=O)NN.CSSc1ccccn1.NNC(=O)C(CS)CC(=O)c1ccccc1N. The average Bonchev–Trinajstić information content (AvgIpc) is 3.09. The molecule has 256 valence electrons. The highest BCUT2D eigenvalue weighted by atomic mass is 33.1. The molecule has 0 saturated heterocycles. The number of anilines is 2. The fraction of sp³-hybridized carbons (Fsp3) is 0.300. The molecule has 47 heavy (non-hydrogen) atoms. The van der Waals surface area contributed by atoms with E-state index in [1.165, 1.54) is 10.8 Å². The van der Waals surface area contributed by atoms with E-state index in [9.17, 15) is 19.2 Å². The van der Waals surface area contributed by atoms with Crippen molar-refractivity contribution in [3.63, 3.8) is 0 Å². The number of amides is 3. The van der Waals surface area contributed by atoms with Crippen molar-refractivity contribution in [2.24, 2.45) is 17.6 Å². The zero-order chi connectivity index (χ0) is 35.0. The van der Waals surface area contributed by atoms with Gasteiger partial charge in [-0.2, -0.15) is 12.6 Å². The number of carbonyl (C=O) groups is 4. The Morgan fingerprint density at radius 1 is 0.851 bits per heavy atom. The van der Waals surface area contributed by atoms with Crippen molar-refractivity contribution in [2.45, 2.75) is 30.8 Å². The summed E-state index contributed by atoms with van der Waals surface area (Å²) in [6.07, 6.45) is 4.94. The van der Waals surface area contributed by atoms with Crippen LogP contribution in [0.15, 0.2) is 78.0 Å². The molecule has 0 bridgehead atoms. The first kappa shape index (κ1) is 42.0. The minimum absolute atomic E-state index is 0.0424. The minimum Gasteiger partial charge on any atom is -0.398 e. The molecule has 3 aromatic rings. The molecule has 0 spiro atoms. The van der Waals surface area contributed by atoms with Gasteiger partial charge in [0, 0.05) is 46.8 Å². The van der Waals surface area contributed by atoms with Crippen molar-refractivity contribution in [1.29, 1.82) is 0 Å². The summed E-state index contributed by atoms with van der Waals surface area (Å²) in [6, 6.07) is 18.7. The summed E-state index contributed by atoms with van der Waals surface area (Å²) in [4.78, 5) is 51.2. The molecule has 3 amide bonds. The molecule has 12 nitrogen and oxygen atoms in total. The van der Waals surface area contributed by atoms with E-state index in [0.717, 1.165) is 17.2 Å². The van der Waals surface area contributed by atoms with Crippen LogP contribution in [0.1, 0.15) is 40.5 Å². The predicted molar refractivity (Wildman–Crippen MR) is 203 cm³/mol. The number of thiol groups is 1. The first-order chi connectivity index (χ1) is 22.6. The van der Waals surface area contributed by atoms with Crippen LogP contribution >= 0.6 is 55.8 Å². The number of hydrogen-bond donors (Lipinski definition) is 8. The second-order valence-electron chi connectivity index (χ2n) is 9.25. The van der Waals surface area contributed by atoms with Crippen LogP contribution < -0.4 is 39.3 Å². The Labute approximate surface area is 297 Å². The monoisotopic (exact) mass is 738 g/mol. The Kier molecular flexibility index (Phi) is 22.3. The van der Waals surface area contributed by atoms with Gasteiger partial charge in [-0.1, -0.05) is 69.6 Å². The lowest BCUT2D eigenvalue weighted by Gasteiger charge is -2.17. The Hall–Kier alpha value is -3.06. The second-order valence-corrected chi connectivity index (χ2v) is 14.7. The molecule has 17 heteroatoms. The normalized spacial score (nSPS) is 11.3. The van der Waals surface area contributed by atoms with Gasteiger partial charge < -0.3 is 16.8 Å². The number of pyridine rings is 1. The van der Waals surface area contributed by atoms with Crippen LogP contribution in [0.25, 0.3) is 0 Å². The quantitative estimate of drug-likeness (QED) is 0.0162. The molecule has 0 aliphatic carbocycles. The first-order valence-electron chi connectivity index (χ1n) is 14.1. The average molecular weight is 739 g/mol. The molecule has 11 N–H and O–H groups in total. The molecular formula is C30H42N8O4S5. The summed E-state index contributed by atoms with van der Waals surface area (Å²) in [6.45, 7) is 2.08. The third-order valence-corrected chi connectivity index (χ3v) is 10.5. The summed E-state index contributed by atoms with van der Waals surface area (Å²) in [5, 5.41) is 3.73. The third kappa shape index (κ3) is 16.6. The molecule has 0 fully saturated rings. The van der Waals surface area contributed by atoms with Crippen LogP contribution in [0, 0.1) is 5.92 Å². The van der Waals surface area contributed by atoms with Gasteiger partial charge >= 0.3 is 0 Å². The molecule has 2 unspecified atom stereocenters. The summed E-state index contributed by atoms with van der Waals surface area (Å²) in [5.41, 5.74) is 17.1. The topological polar surface area (TPSA) is 221 Å². The lowest BCUT2D eigenvalue weighted by Crippen LogP contribution is -2.50. The van der Waals surface area contributed by atoms with E-state index in [1.807, 2.05) is 29.9 Å². The number of rotatable bonds is 15. The molecule has 3 rings (SSSR count). The number of nitrogen functional groups attached to an aromatic ring is 2. The van der Waals surface area contributed by atoms with Crippen molar-refractivity contribution in [1.82, 2.24) is 21.2 Å². The smallest absolute Gasteiger partial charge is 0.257 e. The van der Waals surface area contributed by atoms with Crippen molar-refractivity contribution in [3.8, 4) is 0 Å². The Morgan fingerprint density at radius 2 is 1.45 bits per heavy atom. The van der Waals surface area contributed by atoms with Gasteiger partial charge in [0.25, 0.3) is 11.8 Å². The Balaban J connectivity index is 0.000000379. The molecule has 2 atom stereocenters. The Morgan fingerprint density at radius 3 is 1.96 bits per heavy atom. The van der Waals surface area contributed by atoms with Crippen LogP contribution in [0.4, 0.5) is 11.4 Å². The van der Waals surface area contributed by atoms with Gasteiger partial charge in [-0.15, -0.1) is 0 Å². The maximum atomic E-state index is 12.2. The summed E-state index contributed by atoms with van der Waals surface area (Å²) in [7, 11) is 6.57. The van der Waals surface area contributed by atoms with Crippen molar-refractivity contribution in [3.05, 3.63) is 84.1 Å². The predicted octanol–water partition coefficient (Wildman–Crippen LogP) is 3.98. The third-order valence-electron chi connectivity index (χ3n) is 5.81. The van der Waals surface area contributed by atoms with E-state index >= 15 is 0 Å². The summed E-state index contributed by atoms with van der Waals surface area (Å²) >= 11 is 4.02. The van der Waals surface area contributed by atoms with Crippen LogP contribution in [-0.2, 0) is 9.59 Å². The minimum atomic E-state index is -0.698. The number of benzene rings is 2. The van der Waals surface area contributed by atoms with E-state index < -0.39 is 23.8 Å². The van der Waals surface area contributed by atoms with Crippen LogP contribution in [0.3, 0.4) is 0 Å². The highest BCUT2D eigenvalue weighted by molar-refractivity contribution is 8.76. The summed E-state index contributed by atoms with van der Waals surface area (Å²) in [5.74, 6) is 9.91. The molecule has 0 aliphatic heterocycles. The Bertz CT molecular complexity index is 1390. The number of nitrogens with one attached hydrogen (secondary N) is 3. The van der Waals surface area contributed by atoms with E-state index in [2.05, 4.69) is 35.3 Å². The zero-order valence-electron chi connectivity index (χ0n) is 26.1. The number of nitrogens with two attached hydrogens (primary N) is 4. The molecule has 2 aromatic carbocycles. The first-order valence-corrected chi connectivity index (χ1v) is 19.8. The lowest BCUT2D eigenvalue weighted by atomic mass is 9.98. The van der Waals surface area contributed by atoms with Crippen molar-refractivity contribution >= 4 is 90.7 Å². The van der Waals surface area contributed by atoms with Gasteiger partial charge in [0.05, 0.1) is 11.5 Å². The highest BCUT2D eigenvalue weighted by Crippen LogP contribution is 2.25. The lowest BCUT2D eigenvalue weighted by molar-refractivity contribution is -0.124. The van der Waals surface area contributed by atoms with E-state index in [0.29, 0.717) is 28.3 Å². The maximum absolute atomic E-state index is 12.2. The van der Waals surface area contributed by atoms with Gasteiger partial charge in [-0.05, 0) is 59.9 Å². The fourth-order valence-electron chi connectivity index (χ4n) is 3.41. The molecule has 0 saturated carbocycles. The zero-order valence-corrected chi connectivity index (χ0v) is 30.2. The van der Waals surface area contributed by atoms with Crippen LogP contribution in [0.2, 0.25) is 0 Å². The van der Waals surface area contributed by atoms with Crippen LogP contribution in [-0.4, -0.2) is 58.0 Å². The number of hydrazine groups is 2. The molecule has 0 radical (unpaired) electrons. The van der Waals surface area contributed by atoms with Gasteiger partial charge in [0.1, 0.15) is 11.1 Å². The molecule has 0 aliphatic rings. The number of aromatic nitrogens is 1. The van der Waals surface area contributed by atoms with Gasteiger partial charge in [-0.25, -0.2) is 16.7 Å². The second kappa shape index (κ2) is 25.0. The van der Waals surface area contributed by atoms with Crippen molar-refractivity contribution < 1.29 is 19.2 Å². The number of carbonyl (C=O) groups excluding carboxylic acids is 4. The molecule has 1 heterocycles. The number of Topliss-reactive ketones (excluding diaryl/α,β-unsaturated/α-hetero) is 1. The van der Waals surface area contributed by atoms with E-state index in [1.54, 1.807) is 87.1 Å². The number of nitrogens with zero attached hydrogens (tertiary/aromatic N) is 1. The number of ketones is 1. The fourth-order valence-corrected chi connectivity index (χ4v) is 7.22.